The van der Waals surface area contributed by atoms with Crippen molar-refractivity contribution in [3.63, 3.8) is 0 Å². The van der Waals surface area contributed by atoms with Crippen LogP contribution in [0.5, 0.6) is 0 Å². The summed E-state index contributed by atoms with van der Waals surface area (Å²) in [5.41, 5.74) is 0.873. The number of hydrogen-bond donors (Lipinski definition) is 4. The third-order valence-electron chi connectivity index (χ3n) is 5.96. The predicted molar refractivity (Wildman–Crippen MR) is 126 cm³/mol. The van der Waals surface area contributed by atoms with Gasteiger partial charge < -0.3 is 30.5 Å². The third-order valence-corrected chi connectivity index (χ3v) is 5.96. The summed E-state index contributed by atoms with van der Waals surface area (Å²) < 4.78 is 10.8. The summed E-state index contributed by atoms with van der Waals surface area (Å²) in [6.07, 6.45) is 1.37. The van der Waals surface area contributed by atoms with Gasteiger partial charge in [0.2, 0.25) is 5.91 Å². The van der Waals surface area contributed by atoms with Gasteiger partial charge in [-0.3, -0.25) is 9.59 Å². The number of aliphatic hydroxyl groups is 1. The first kappa shape index (κ1) is 26.0. The molecule has 0 radical (unpaired) electrons. The number of rotatable bonds is 11. The van der Waals surface area contributed by atoms with Crippen LogP contribution in [-0.2, 0) is 25.5 Å². The second-order valence-electron chi connectivity index (χ2n) is 9.58. The average molecular weight is 476 g/mol. The van der Waals surface area contributed by atoms with Crippen LogP contribution in [0.2, 0.25) is 0 Å². The largest absolute Gasteiger partial charge is 0.446 e. The zero-order valence-electron chi connectivity index (χ0n) is 20.0. The molecule has 1 aliphatic heterocycles. The lowest BCUT2D eigenvalue weighted by Gasteiger charge is -2.28. The molecule has 9 nitrogen and oxygen atoms in total. The molecular weight excluding hydrogens is 438 g/mol. The Morgan fingerprint density at radius 3 is 2.32 bits per heavy atom. The van der Waals surface area contributed by atoms with Crippen molar-refractivity contribution in [3.8, 4) is 0 Å². The lowest BCUT2D eigenvalue weighted by molar-refractivity contribution is -0.132. The first-order valence-corrected chi connectivity index (χ1v) is 12.2. The van der Waals surface area contributed by atoms with Gasteiger partial charge in [0.1, 0.15) is 12.1 Å². The first-order chi connectivity index (χ1) is 16.3. The molecule has 2 aliphatic rings. The number of ether oxygens (including phenoxy) is 2. The summed E-state index contributed by atoms with van der Waals surface area (Å²) in [7, 11) is 0. The van der Waals surface area contributed by atoms with Crippen molar-refractivity contribution in [1.29, 1.82) is 0 Å². The smallest absolute Gasteiger partial charge is 0.408 e. The molecule has 0 aromatic heterocycles. The highest BCUT2D eigenvalue weighted by molar-refractivity contribution is 5.87. The molecule has 1 aromatic carbocycles. The maximum atomic E-state index is 13.2. The second kappa shape index (κ2) is 12.7. The SMILES string of the molecule is CC(C)CC(NC(=O)OC1CCOCC1)C(=O)NC(Cc1ccccc1)C(O)C(=O)NC1CC1. The number of alkyl carbamates (subject to hydrolysis) is 1. The monoisotopic (exact) mass is 475 g/mol. The predicted octanol–water partition coefficient (Wildman–Crippen LogP) is 1.67. The number of carbonyl (C=O) groups excluding carboxylic acids is 3. The molecule has 2 fully saturated rings. The van der Waals surface area contributed by atoms with Crippen molar-refractivity contribution in [1.82, 2.24) is 16.0 Å². The topological polar surface area (TPSA) is 126 Å². The van der Waals surface area contributed by atoms with Crippen molar-refractivity contribution < 1.29 is 29.0 Å². The van der Waals surface area contributed by atoms with E-state index in [1.54, 1.807) is 0 Å². The van der Waals surface area contributed by atoms with Crippen LogP contribution in [0.4, 0.5) is 4.79 Å². The molecule has 34 heavy (non-hydrogen) atoms. The van der Waals surface area contributed by atoms with E-state index < -0.39 is 36.1 Å². The van der Waals surface area contributed by atoms with E-state index in [0.717, 1.165) is 18.4 Å². The molecule has 9 heteroatoms. The molecule has 1 aliphatic carbocycles. The molecule has 4 N–H and O–H groups in total. The van der Waals surface area contributed by atoms with Crippen LogP contribution >= 0.6 is 0 Å². The molecule has 1 heterocycles. The normalized spacial score (nSPS) is 19.1. The van der Waals surface area contributed by atoms with Crippen molar-refractivity contribution in [2.45, 2.75) is 82.7 Å². The molecule has 0 bridgehead atoms. The number of aliphatic hydroxyl groups excluding tert-OH is 1. The quantitative estimate of drug-likeness (QED) is 0.386. The molecule has 1 saturated carbocycles. The highest BCUT2D eigenvalue weighted by atomic mass is 16.6. The van der Waals surface area contributed by atoms with E-state index in [9.17, 15) is 19.5 Å². The average Bonchev–Trinajstić information content (AvgIpc) is 3.62. The second-order valence-corrected chi connectivity index (χ2v) is 9.58. The van der Waals surface area contributed by atoms with E-state index in [1.165, 1.54) is 0 Å². The Balaban J connectivity index is 1.66. The minimum atomic E-state index is -1.42. The summed E-state index contributed by atoms with van der Waals surface area (Å²) in [6.45, 7) is 4.97. The Hall–Kier alpha value is -2.65. The Labute approximate surface area is 201 Å². The number of benzene rings is 1. The summed E-state index contributed by atoms with van der Waals surface area (Å²) >= 11 is 0. The van der Waals surface area contributed by atoms with E-state index >= 15 is 0 Å². The van der Waals surface area contributed by atoms with Crippen LogP contribution in [0.3, 0.4) is 0 Å². The van der Waals surface area contributed by atoms with E-state index in [4.69, 9.17) is 9.47 Å². The third kappa shape index (κ3) is 8.61. The van der Waals surface area contributed by atoms with Gasteiger partial charge in [0.05, 0.1) is 19.3 Å². The van der Waals surface area contributed by atoms with Crippen LogP contribution in [-0.4, -0.2) is 66.6 Å². The summed E-state index contributed by atoms with van der Waals surface area (Å²) in [4.78, 5) is 38.3. The van der Waals surface area contributed by atoms with Crippen LogP contribution in [0.15, 0.2) is 30.3 Å². The molecule has 3 rings (SSSR count). The Bertz CT molecular complexity index is 808. The number of hydrogen-bond acceptors (Lipinski definition) is 6. The van der Waals surface area contributed by atoms with Gasteiger partial charge in [0.25, 0.3) is 5.91 Å². The molecule has 3 amide bonds. The standard InChI is InChI=1S/C25H37N3O6/c1-16(2)14-21(28-25(32)34-19-10-12-33-13-11-19)23(30)27-20(15-17-6-4-3-5-7-17)22(29)24(31)26-18-8-9-18/h3-7,16,18-22,29H,8-15H2,1-2H3,(H,26,31)(H,27,30)(H,28,32). The molecule has 1 aromatic rings. The summed E-state index contributed by atoms with van der Waals surface area (Å²) in [5, 5.41) is 19.1. The fourth-order valence-electron chi connectivity index (χ4n) is 3.91. The molecular formula is C25H37N3O6. The van der Waals surface area contributed by atoms with Gasteiger partial charge in [-0.2, -0.15) is 0 Å². The van der Waals surface area contributed by atoms with E-state index in [2.05, 4.69) is 16.0 Å². The molecule has 0 spiro atoms. The van der Waals surface area contributed by atoms with Gasteiger partial charge in [-0.15, -0.1) is 0 Å². The van der Waals surface area contributed by atoms with E-state index in [0.29, 0.717) is 32.5 Å². The van der Waals surface area contributed by atoms with Crippen LogP contribution in [0.1, 0.15) is 51.5 Å². The highest BCUT2D eigenvalue weighted by Gasteiger charge is 2.34. The van der Waals surface area contributed by atoms with Crippen LogP contribution in [0, 0.1) is 5.92 Å². The number of nitrogens with one attached hydrogen (secondary N) is 3. The van der Waals surface area contributed by atoms with Crippen LogP contribution in [0.25, 0.3) is 0 Å². The van der Waals surface area contributed by atoms with E-state index in [1.807, 2.05) is 44.2 Å². The van der Waals surface area contributed by atoms with Gasteiger partial charge in [-0.1, -0.05) is 44.2 Å². The Morgan fingerprint density at radius 2 is 1.71 bits per heavy atom. The fraction of sp³-hybridized carbons (Fsp3) is 0.640. The summed E-state index contributed by atoms with van der Waals surface area (Å²) in [5.74, 6) is -0.845. The maximum Gasteiger partial charge on any atom is 0.408 e. The zero-order chi connectivity index (χ0) is 24.5. The minimum absolute atomic E-state index is 0.0885. The van der Waals surface area contributed by atoms with Gasteiger partial charge in [0.15, 0.2) is 6.10 Å². The lowest BCUT2D eigenvalue weighted by atomic mass is 9.98. The lowest BCUT2D eigenvalue weighted by Crippen LogP contribution is -2.56. The van der Waals surface area contributed by atoms with Gasteiger partial charge in [0, 0.05) is 18.9 Å². The van der Waals surface area contributed by atoms with Gasteiger partial charge >= 0.3 is 6.09 Å². The molecule has 188 valence electrons. The minimum Gasteiger partial charge on any atom is -0.446 e. The van der Waals surface area contributed by atoms with Crippen molar-refractivity contribution in [3.05, 3.63) is 35.9 Å². The Kier molecular flexibility index (Phi) is 9.71. The van der Waals surface area contributed by atoms with Gasteiger partial charge in [-0.05, 0) is 37.2 Å². The molecule has 1 saturated heterocycles. The van der Waals surface area contributed by atoms with Crippen molar-refractivity contribution in [2.24, 2.45) is 5.92 Å². The van der Waals surface area contributed by atoms with Crippen molar-refractivity contribution in [2.75, 3.05) is 13.2 Å². The number of carbonyl (C=O) groups is 3. The Morgan fingerprint density at radius 1 is 1.03 bits per heavy atom. The van der Waals surface area contributed by atoms with E-state index in [-0.39, 0.29) is 24.5 Å². The summed E-state index contributed by atoms with van der Waals surface area (Å²) in [6, 6.07) is 7.73. The zero-order valence-corrected chi connectivity index (χ0v) is 20.0. The van der Waals surface area contributed by atoms with Crippen LogP contribution < -0.4 is 16.0 Å². The highest BCUT2D eigenvalue weighted by Crippen LogP contribution is 2.19. The first-order valence-electron chi connectivity index (χ1n) is 12.2. The van der Waals surface area contributed by atoms with Crippen molar-refractivity contribution >= 4 is 17.9 Å². The fourth-order valence-corrected chi connectivity index (χ4v) is 3.91. The van der Waals surface area contributed by atoms with Gasteiger partial charge in [-0.25, -0.2) is 4.79 Å². The molecule has 3 atom stereocenters. The number of amides is 3. The maximum absolute atomic E-state index is 13.2. The molecule has 3 unspecified atom stereocenters.